The van der Waals surface area contributed by atoms with Gasteiger partial charge in [0.25, 0.3) is 5.91 Å². The van der Waals surface area contributed by atoms with Crippen molar-refractivity contribution in [1.82, 2.24) is 5.32 Å². The Morgan fingerprint density at radius 2 is 2.00 bits per heavy atom. The first-order valence-electron chi connectivity index (χ1n) is 5.44. The summed E-state index contributed by atoms with van der Waals surface area (Å²) in [6.07, 6.45) is 0.893. The fourth-order valence-electron chi connectivity index (χ4n) is 1.45. The monoisotopic (exact) mass is 244 g/mol. The summed E-state index contributed by atoms with van der Waals surface area (Å²) >= 11 is 0. The van der Waals surface area contributed by atoms with Crippen LogP contribution in [0.5, 0.6) is 0 Å². The van der Waals surface area contributed by atoms with Gasteiger partial charge in [0.15, 0.2) is 5.96 Å². The third kappa shape index (κ3) is 5.86. The van der Waals surface area contributed by atoms with Crippen LogP contribution in [0, 0.1) is 11.8 Å². The Kier molecular flexibility index (Phi) is 6.88. The molecular weight excluding hydrogens is 224 g/mol. The fourth-order valence-corrected chi connectivity index (χ4v) is 1.45. The van der Waals surface area contributed by atoms with E-state index in [9.17, 15) is 9.59 Å². The molecule has 0 rings (SSSR count). The van der Waals surface area contributed by atoms with Gasteiger partial charge in [0.2, 0.25) is 5.91 Å². The van der Waals surface area contributed by atoms with Crippen LogP contribution in [0.15, 0.2) is 4.99 Å². The number of rotatable bonds is 6. The lowest BCUT2D eigenvalue weighted by Crippen LogP contribution is -2.32. The van der Waals surface area contributed by atoms with Crippen LogP contribution in [0.1, 0.15) is 26.7 Å². The summed E-state index contributed by atoms with van der Waals surface area (Å²) in [5.74, 6) is -1.78. The van der Waals surface area contributed by atoms with Crippen LogP contribution in [-0.4, -0.2) is 29.6 Å². The molecule has 17 heavy (non-hydrogen) atoms. The Morgan fingerprint density at radius 3 is 2.41 bits per heavy atom. The molecule has 0 spiro atoms. The van der Waals surface area contributed by atoms with E-state index in [2.05, 4.69) is 10.3 Å². The van der Waals surface area contributed by atoms with E-state index < -0.39 is 18.6 Å². The van der Waals surface area contributed by atoms with Crippen LogP contribution < -0.4 is 16.8 Å². The number of carbonyl (C=O) groups excluding carboxylic acids is 2. The number of amides is 2. The topological polar surface area (TPSA) is 131 Å². The average Bonchev–Trinajstić information content (AvgIpc) is 2.24. The standard InChI is InChI=1S/C10H20N4O3/c1-3-7(9(17)14-10(11)12)4-6(2)8(16)13-5-15/h6-7,15H,3-5H2,1-2H3,(H,13,16)(H4,11,12,14,17). The molecule has 0 radical (unpaired) electrons. The van der Waals surface area contributed by atoms with E-state index in [0.717, 1.165) is 0 Å². The van der Waals surface area contributed by atoms with E-state index in [1.54, 1.807) is 6.92 Å². The molecule has 0 aromatic carbocycles. The number of nitrogens with one attached hydrogen (secondary N) is 1. The van der Waals surface area contributed by atoms with Gasteiger partial charge in [-0.15, -0.1) is 0 Å². The molecule has 0 aliphatic rings. The third-order valence-electron chi connectivity index (χ3n) is 2.42. The minimum atomic E-state index is -0.420. The van der Waals surface area contributed by atoms with Crippen molar-refractivity contribution in [2.24, 2.45) is 28.3 Å². The zero-order valence-corrected chi connectivity index (χ0v) is 10.1. The maximum atomic E-state index is 11.6. The molecule has 0 aliphatic carbocycles. The van der Waals surface area contributed by atoms with E-state index in [1.807, 2.05) is 6.92 Å². The number of hydrogen-bond donors (Lipinski definition) is 4. The lowest BCUT2D eigenvalue weighted by Gasteiger charge is -2.16. The maximum Gasteiger partial charge on any atom is 0.251 e. The van der Waals surface area contributed by atoms with Gasteiger partial charge in [-0.1, -0.05) is 13.8 Å². The molecule has 0 heterocycles. The predicted molar refractivity (Wildman–Crippen MR) is 63.6 cm³/mol. The second kappa shape index (κ2) is 7.61. The van der Waals surface area contributed by atoms with Gasteiger partial charge < -0.3 is 21.9 Å². The maximum absolute atomic E-state index is 11.6. The predicted octanol–water partition coefficient (Wildman–Crippen LogP) is -1.10. The van der Waals surface area contributed by atoms with Crippen molar-refractivity contribution in [3.63, 3.8) is 0 Å². The summed E-state index contributed by atoms with van der Waals surface area (Å²) in [6, 6.07) is 0. The summed E-state index contributed by atoms with van der Waals surface area (Å²) in [7, 11) is 0. The van der Waals surface area contributed by atoms with Gasteiger partial charge in [-0.2, -0.15) is 4.99 Å². The first-order valence-corrected chi connectivity index (χ1v) is 5.44. The molecule has 0 aromatic rings. The number of hydrogen-bond acceptors (Lipinski definition) is 3. The summed E-state index contributed by atoms with van der Waals surface area (Å²) in [5, 5.41) is 10.8. The fraction of sp³-hybridized carbons (Fsp3) is 0.700. The van der Waals surface area contributed by atoms with Gasteiger partial charge in [-0.05, 0) is 12.8 Å². The van der Waals surface area contributed by atoms with E-state index in [1.165, 1.54) is 0 Å². The van der Waals surface area contributed by atoms with Gasteiger partial charge in [-0.25, -0.2) is 0 Å². The Morgan fingerprint density at radius 1 is 1.41 bits per heavy atom. The number of aliphatic hydroxyl groups is 1. The number of nitrogens with zero attached hydrogens (tertiary/aromatic N) is 1. The number of aliphatic hydroxyl groups excluding tert-OH is 1. The quantitative estimate of drug-likeness (QED) is 0.268. The van der Waals surface area contributed by atoms with E-state index in [-0.39, 0.29) is 17.8 Å². The van der Waals surface area contributed by atoms with Crippen molar-refractivity contribution in [2.45, 2.75) is 26.7 Å². The lowest BCUT2D eigenvalue weighted by atomic mass is 9.92. The first kappa shape index (κ1) is 15.4. The largest absolute Gasteiger partial charge is 0.377 e. The molecule has 7 heteroatoms. The van der Waals surface area contributed by atoms with Crippen molar-refractivity contribution < 1.29 is 14.7 Å². The van der Waals surface area contributed by atoms with Crippen molar-refractivity contribution in [3.05, 3.63) is 0 Å². The molecule has 2 amide bonds. The Hall–Kier alpha value is -1.63. The van der Waals surface area contributed by atoms with Gasteiger partial charge in [0, 0.05) is 11.8 Å². The second-order valence-electron chi connectivity index (χ2n) is 3.82. The van der Waals surface area contributed by atoms with Gasteiger partial charge in [0.05, 0.1) is 0 Å². The first-order chi connectivity index (χ1) is 7.92. The van der Waals surface area contributed by atoms with Crippen LogP contribution in [0.25, 0.3) is 0 Å². The summed E-state index contributed by atoms with van der Waals surface area (Å²) < 4.78 is 0. The van der Waals surface area contributed by atoms with E-state index in [0.29, 0.717) is 12.8 Å². The number of carbonyl (C=O) groups is 2. The molecule has 0 saturated heterocycles. The molecule has 0 saturated carbocycles. The minimum absolute atomic E-state index is 0.277. The highest BCUT2D eigenvalue weighted by atomic mass is 16.3. The molecule has 2 unspecified atom stereocenters. The Balaban J connectivity index is 4.45. The Bertz CT molecular complexity index is 300. The van der Waals surface area contributed by atoms with Crippen LogP contribution in [0.2, 0.25) is 0 Å². The number of guanidine groups is 1. The highest BCUT2D eigenvalue weighted by molar-refractivity contribution is 5.92. The smallest absolute Gasteiger partial charge is 0.251 e. The van der Waals surface area contributed by atoms with Gasteiger partial charge in [-0.3, -0.25) is 9.59 Å². The van der Waals surface area contributed by atoms with Crippen molar-refractivity contribution in [3.8, 4) is 0 Å². The SMILES string of the molecule is CCC(CC(C)C(=O)NCO)C(=O)N=C(N)N. The van der Waals surface area contributed by atoms with Gasteiger partial charge in [0.1, 0.15) is 6.73 Å². The van der Waals surface area contributed by atoms with E-state index >= 15 is 0 Å². The number of aliphatic imine (C=N–C) groups is 1. The van der Waals surface area contributed by atoms with Gasteiger partial charge >= 0.3 is 0 Å². The lowest BCUT2D eigenvalue weighted by molar-refractivity contribution is -0.127. The van der Waals surface area contributed by atoms with Crippen LogP contribution in [0.3, 0.4) is 0 Å². The molecule has 0 fully saturated rings. The third-order valence-corrected chi connectivity index (χ3v) is 2.42. The zero-order valence-electron chi connectivity index (χ0n) is 10.1. The minimum Gasteiger partial charge on any atom is -0.377 e. The summed E-state index contributed by atoms with van der Waals surface area (Å²) in [4.78, 5) is 26.4. The highest BCUT2D eigenvalue weighted by Crippen LogP contribution is 2.17. The second-order valence-corrected chi connectivity index (χ2v) is 3.82. The summed E-state index contributed by atoms with van der Waals surface area (Å²) in [6.45, 7) is 3.08. The average molecular weight is 244 g/mol. The van der Waals surface area contributed by atoms with Crippen LogP contribution in [0.4, 0.5) is 0 Å². The highest BCUT2D eigenvalue weighted by Gasteiger charge is 2.22. The molecule has 0 bridgehead atoms. The van der Waals surface area contributed by atoms with Crippen LogP contribution >= 0.6 is 0 Å². The zero-order chi connectivity index (χ0) is 13.4. The van der Waals surface area contributed by atoms with Crippen LogP contribution in [-0.2, 0) is 9.59 Å². The Labute approximate surface area is 100 Å². The number of nitrogens with two attached hydrogens (primary N) is 2. The van der Waals surface area contributed by atoms with Crippen molar-refractivity contribution in [1.29, 1.82) is 0 Å². The van der Waals surface area contributed by atoms with Crippen molar-refractivity contribution >= 4 is 17.8 Å². The normalized spacial score (nSPS) is 13.6. The molecule has 0 aliphatic heterocycles. The molecule has 98 valence electrons. The molecule has 2 atom stereocenters. The molecular formula is C10H20N4O3. The molecule has 6 N–H and O–H groups in total. The molecule has 0 aromatic heterocycles. The molecule has 7 nitrogen and oxygen atoms in total. The summed E-state index contributed by atoms with van der Waals surface area (Å²) in [5.41, 5.74) is 10.2. The van der Waals surface area contributed by atoms with E-state index in [4.69, 9.17) is 16.6 Å². The van der Waals surface area contributed by atoms with Crippen molar-refractivity contribution in [2.75, 3.05) is 6.73 Å².